The fraction of sp³-hybridized carbons (Fsp3) is 0.881. The molecule has 9 heteroatoms. The summed E-state index contributed by atoms with van der Waals surface area (Å²) in [6, 6.07) is 0. The molecule has 2 atom stereocenters. The minimum atomic E-state index is -1.50. The number of carbonyl (C=O) groups excluding carboxylic acids is 2. The van der Waals surface area contributed by atoms with Gasteiger partial charge in [0.2, 0.25) is 0 Å². The van der Waals surface area contributed by atoms with Crippen LogP contribution in [-0.4, -0.2) is 87.4 Å². The Kier molecular flexibility index (Phi) is 49.5. The molecule has 1 N–H and O–H groups in total. The Balaban J connectivity index is 4.06. The molecule has 0 fully saturated rings. The van der Waals surface area contributed by atoms with E-state index < -0.39 is 18.4 Å². The van der Waals surface area contributed by atoms with Gasteiger partial charge in [-0.15, -0.1) is 0 Å². The molecule has 0 spiro atoms. The van der Waals surface area contributed by atoms with Crippen LogP contribution in [0.4, 0.5) is 0 Å². The number of aliphatic carboxylic acids is 1. The van der Waals surface area contributed by atoms with Gasteiger partial charge in [-0.05, 0) is 44.9 Å². The maximum absolute atomic E-state index is 12.8. The van der Waals surface area contributed by atoms with E-state index in [2.05, 4.69) is 38.2 Å². The minimum Gasteiger partial charge on any atom is -0.477 e. The average Bonchev–Trinajstić information content (AvgIpc) is 3.30. The van der Waals surface area contributed by atoms with Crippen molar-refractivity contribution in [1.29, 1.82) is 0 Å². The lowest BCUT2D eigenvalue weighted by molar-refractivity contribution is -0.870. The quantitative estimate of drug-likeness (QED) is 0.0211. The van der Waals surface area contributed by atoms with Gasteiger partial charge in [-0.3, -0.25) is 9.59 Å². The number of unbranched alkanes of at least 4 members (excludes halogenated alkanes) is 35. The van der Waals surface area contributed by atoms with Crippen LogP contribution in [0.2, 0.25) is 0 Å². The minimum absolute atomic E-state index is 0.176. The van der Waals surface area contributed by atoms with Crippen LogP contribution in [0.15, 0.2) is 24.3 Å². The summed E-state index contributed by atoms with van der Waals surface area (Å²) in [6.07, 6.45) is 57.0. The molecule has 0 aromatic carbocycles. The number of rotatable bonds is 54. The van der Waals surface area contributed by atoms with Crippen molar-refractivity contribution >= 4 is 17.9 Å². The van der Waals surface area contributed by atoms with Gasteiger partial charge in [0.05, 0.1) is 34.4 Å². The van der Waals surface area contributed by atoms with Gasteiger partial charge in [-0.1, -0.05) is 244 Å². The molecule has 0 aromatic heterocycles. The lowest BCUT2D eigenvalue weighted by Gasteiger charge is -2.25. The molecule has 0 aliphatic heterocycles. The molecule has 0 heterocycles. The van der Waals surface area contributed by atoms with Crippen molar-refractivity contribution in [3.05, 3.63) is 24.3 Å². The molecule has 0 aliphatic rings. The number of carbonyl (C=O) groups is 3. The normalized spacial score (nSPS) is 12.9. The third-order valence-electron chi connectivity index (χ3n) is 13.0. The fourth-order valence-electron chi connectivity index (χ4n) is 8.46. The van der Waals surface area contributed by atoms with Crippen LogP contribution in [0, 0.1) is 0 Å². The van der Waals surface area contributed by atoms with Gasteiger partial charge in [-0.25, -0.2) is 4.79 Å². The predicted molar refractivity (Wildman–Crippen MR) is 286 cm³/mol. The molecule has 0 saturated heterocycles. The first-order valence-corrected chi connectivity index (χ1v) is 29.0. The van der Waals surface area contributed by atoms with Crippen LogP contribution in [0.5, 0.6) is 0 Å². The van der Waals surface area contributed by atoms with E-state index in [-0.39, 0.29) is 38.2 Å². The van der Waals surface area contributed by atoms with Gasteiger partial charge in [0.25, 0.3) is 6.29 Å². The molecular formula is C59H112NO8+. The zero-order chi connectivity index (χ0) is 49.9. The topological polar surface area (TPSA) is 108 Å². The molecule has 0 amide bonds. The van der Waals surface area contributed by atoms with Gasteiger partial charge >= 0.3 is 17.9 Å². The van der Waals surface area contributed by atoms with Crippen LogP contribution >= 0.6 is 0 Å². The SMILES string of the molecule is CCCCCCC/C=C\C/C=C\CCCCCCCCCCCCCCCCCCCCCC(=O)OC(COC(=O)CCCCCCCCCCCCCC)COC(OCC[N+](C)(C)C)C(=O)O. The van der Waals surface area contributed by atoms with Crippen molar-refractivity contribution in [3.63, 3.8) is 0 Å². The molecule has 2 unspecified atom stereocenters. The van der Waals surface area contributed by atoms with Crippen LogP contribution in [0.3, 0.4) is 0 Å². The van der Waals surface area contributed by atoms with E-state index in [0.29, 0.717) is 17.4 Å². The summed E-state index contributed by atoms with van der Waals surface area (Å²) < 4.78 is 22.8. The maximum Gasteiger partial charge on any atom is 0.361 e. The Morgan fingerprint density at radius 1 is 0.441 bits per heavy atom. The lowest BCUT2D eigenvalue weighted by Crippen LogP contribution is -2.40. The van der Waals surface area contributed by atoms with Crippen molar-refractivity contribution in [1.82, 2.24) is 0 Å². The summed E-state index contributed by atoms with van der Waals surface area (Å²) in [4.78, 5) is 37.3. The number of hydrogen-bond acceptors (Lipinski definition) is 7. The van der Waals surface area contributed by atoms with Crippen molar-refractivity contribution in [3.8, 4) is 0 Å². The second kappa shape index (κ2) is 51.1. The van der Waals surface area contributed by atoms with Crippen molar-refractivity contribution < 1.29 is 42.9 Å². The van der Waals surface area contributed by atoms with Gasteiger partial charge in [0.1, 0.15) is 13.2 Å². The van der Waals surface area contributed by atoms with Gasteiger partial charge in [0.15, 0.2) is 6.10 Å². The number of quaternary nitrogens is 1. The monoisotopic (exact) mass is 963 g/mol. The number of allylic oxidation sites excluding steroid dienone is 4. The number of carboxylic acids is 1. The molecule has 0 aliphatic carbocycles. The van der Waals surface area contributed by atoms with Crippen LogP contribution in [0.1, 0.15) is 277 Å². The van der Waals surface area contributed by atoms with Crippen LogP contribution in [-0.2, 0) is 33.3 Å². The van der Waals surface area contributed by atoms with E-state index in [9.17, 15) is 19.5 Å². The largest absolute Gasteiger partial charge is 0.477 e. The first-order valence-electron chi connectivity index (χ1n) is 29.0. The molecule has 0 bridgehead atoms. The van der Waals surface area contributed by atoms with Gasteiger partial charge in [0, 0.05) is 12.8 Å². The molecule has 0 rings (SSSR count). The number of nitrogens with zero attached hydrogens (tertiary/aromatic N) is 1. The number of ether oxygens (including phenoxy) is 4. The highest BCUT2D eigenvalue weighted by Crippen LogP contribution is 2.17. The second-order valence-corrected chi connectivity index (χ2v) is 21.0. The number of carboxylic acid groups (broad SMARTS) is 1. The molecule has 9 nitrogen and oxygen atoms in total. The van der Waals surface area contributed by atoms with E-state index in [1.807, 2.05) is 21.1 Å². The second-order valence-electron chi connectivity index (χ2n) is 21.0. The van der Waals surface area contributed by atoms with Gasteiger partial charge < -0.3 is 28.5 Å². The summed E-state index contributed by atoms with van der Waals surface area (Å²) in [5, 5.41) is 9.68. The highest BCUT2D eigenvalue weighted by atomic mass is 16.7. The summed E-state index contributed by atoms with van der Waals surface area (Å²) >= 11 is 0. The Labute approximate surface area is 420 Å². The lowest BCUT2D eigenvalue weighted by atomic mass is 10.0. The standard InChI is InChI=1S/C59H111NO8/c1-6-8-10-12-14-16-18-20-21-22-23-24-25-26-27-28-29-30-31-32-33-34-35-36-37-38-40-42-44-46-48-50-57(62)68-55(54-67-59(58(63)64)65-52-51-60(3,4)5)53-66-56(61)49-47-45-43-41-39-19-17-15-13-11-9-7-2/h18,20,22-23,55,59H,6-17,19,21,24-54H2,1-5H3/p+1/b20-18-,23-22-. The predicted octanol–water partition coefficient (Wildman–Crippen LogP) is 16.7. The smallest absolute Gasteiger partial charge is 0.361 e. The molecule has 0 aromatic rings. The molecule has 400 valence electrons. The van der Waals surface area contributed by atoms with Crippen molar-refractivity contribution in [2.75, 3.05) is 47.5 Å². The Morgan fingerprint density at radius 3 is 1.16 bits per heavy atom. The Morgan fingerprint density at radius 2 is 0.794 bits per heavy atom. The van der Waals surface area contributed by atoms with E-state index in [1.165, 1.54) is 205 Å². The summed E-state index contributed by atoms with van der Waals surface area (Å²) in [6.45, 7) is 4.90. The van der Waals surface area contributed by atoms with E-state index in [4.69, 9.17) is 18.9 Å². The maximum atomic E-state index is 12.8. The van der Waals surface area contributed by atoms with Crippen LogP contribution < -0.4 is 0 Å². The Hall–Kier alpha value is -2.23. The third-order valence-corrected chi connectivity index (χ3v) is 13.0. The summed E-state index contributed by atoms with van der Waals surface area (Å²) in [7, 11) is 5.97. The van der Waals surface area contributed by atoms with E-state index in [1.54, 1.807) is 0 Å². The summed E-state index contributed by atoms with van der Waals surface area (Å²) in [5.74, 6) is -1.99. The van der Waals surface area contributed by atoms with Crippen molar-refractivity contribution in [2.24, 2.45) is 0 Å². The van der Waals surface area contributed by atoms with Crippen LogP contribution in [0.25, 0.3) is 0 Å². The van der Waals surface area contributed by atoms with Gasteiger partial charge in [-0.2, -0.15) is 0 Å². The van der Waals surface area contributed by atoms with E-state index in [0.717, 1.165) is 44.9 Å². The number of hydrogen-bond donors (Lipinski definition) is 1. The molecule has 68 heavy (non-hydrogen) atoms. The average molecular weight is 964 g/mol. The zero-order valence-corrected chi connectivity index (χ0v) is 45.5. The summed E-state index contributed by atoms with van der Waals surface area (Å²) in [5.41, 5.74) is 0. The number of esters is 2. The molecular weight excluding hydrogens is 851 g/mol. The molecule has 0 saturated carbocycles. The van der Waals surface area contributed by atoms with E-state index >= 15 is 0 Å². The Bertz CT molecular complexity index is 1170. The number of likely N-dealkylation sites (N-methyl/N-ethyl adjacent to an activating group) is 1. The highest BCUT2D eigenvalue weighted by Gasteiger charge is 2.25. The first-order chi connectivity index (χ1) is 33.1. The zero-order valence-electron chi connectivity index (χ0n) is 45.5. The first kappa shape index (κ1) is 65.8. The third kappa shape index (κ3) is 51.6. The van der Waals surface area contributed by atoms with Crippen molar-refractivity contribution in [2.45, 2.75) is 289 Å². The highest BCUT2D eigenvalue weighted by molar-refractivity contribution is 5.71. The fourth-order valence-corrected chi connectivity index (χ4v) is 8.46. The molecule has 0 radical (unpaired) electrons.